The Balaban J connectivity index is 2.53. The van der Waals surface area contributed by atoms with Crippen molar-refractivity contribution in [2.45, 2.75) is 20.8 Å². The summed E-state index contributed by atoms with van der Waals surface area (Å²) in [4.78, 5) is 0. The summed E-state index contributed by atoms with van der Waals surface area (Å²) >= 11 is -0.407. The van der Waals surface area contributed by atoms with Crippen LogP contribution in [0.25, 0.3) is 0 Å². The van der Waals surface area contributed by atoms with Crippen LogP contribution in [0.3, 0.4) is 0 Å². The minimum absolute atomic E-state index is 0.407. The monoisotopic (exact) mass is 413 g/mol. The second-order valence-electron chi connectivity index (χ2n) is 5.15. The van der Waals surface area contributed by atoms with E-state index in [9.17, 15) is 0 Å². The van der Waals surface area contributed by atoms with E-state index in [1.165, 1.54) is 20.3 Å². The standard InChI is InChI=1S/C18H22IO3/c1-11-7-12(2)17(13(3)8-11)19-18-15(21-5)9-14(20-4)10-16(18)22-6/h7-10H,1-6H3/q+1. The zero-order valence-electron chi connectivity index (χ0n) is 13.9. The van der Waals surface area contributed by atoms with Crippen molar-refractivity contribution in [2.75, 3.05) is 21.3 Å². The van der Waals surface area contributed by atoms with Crippen molar-refractivity contribution in [1.82, 2.24) is 0 Å². The first-order valence-corrected chi connectivity index (χ1v) is 9.18. The van der Waals surface area contributed by atoms with Crippen molar-refractivity contribution in [3.63, 3.8) is 0 Å². The summed E-state index contributed by atoms with van der Waals surface area (Å²) in [6, 6.07) is 8.34. The van der Waals surface area contributed by atoms with Crippen molar-refractivity contribution in [3.05, 3.63) is 48.1 Å². The van der Waals surface area contributed by atoms with Crippen LogP contribution >= 0.6 is 0 Å². The molecule has 2 rings (SSSR count). The summed E-state index contributed by atoms with van der Waals surface area (Å²) < 4.78 is 19.0. The Hall–Kier alpha value is -1.43. The van der Waals surface area contributed by atoms with Crippen molar-refractivity contribution in [1.29, 1.82) is 0 Å². The highest BCUT2D eigenvalue weighted by Gasteiger charge is 2.30. The van der Waals surface area contributed by atoms with E-state index >= 15 is 0 Å². The third-order valence-electron chi connectivity index (χ3n) is 3.42. The highest BCUT2D eigenvalue weighted by atomic mass is 127. The average molecular weight is 413 g/mol. The van der Waals surface area contributed by atoms with E-state index in [1.54, 1.807) is 21.3 Å². The minimum atomic E-state index is -0.407. The van der Waals surface area contributed by atoms with Crippen molar-refractivity contribution >= 4 is 0 Å². The lowest BCUT2D eigenvalue weighted by Crippen LogP contribution is -3.62. The van der Waals surface area contributed by atoms with Crippen LogP contribution in [0.2, 0.25) is 0 Å². The van der Waals surface area contributed by atoms with Crippen LogP contribution in [0.1, 0.15) is 16.7 Å². The van der Waals surface area contributed by atoms with E-state index in [-0.39, 0.29) is 0 Å². The number of halogens is 1. The summed E-state index contributed by atoms with van der Waals surface area (Å²) in [5, 5.41) is 0. The maximum Gasteiger partial charge on any atom is 0.366 e. The zero-order chi connectivity index (χ0) is 16.3. The molecule has 2 aromatic carbocycles. The van der Waals surface area contributed by atoms with Crippen LogP contribution < -0.4 is 35.4 Å². The molecule has 4 heteroatoms. The molecule has 22 heavy (non-hydrogen) atoms. The molecule has 0 saturated heterocycles. The van der Waals surface area contributed by atoms with E-state index < -0.39 is 21.2 Å². The largest absolute Gasteiger partial charge is 0.496 e. The Morgan fingerprint density at radius 2 is 1.18 bits per heavy atom. The first-order chi connectivity index (χ1) is 10.5. The van der Waals surface area contributed by atoms with Crippen LogP contribution in [0.4, 0.5) is 0 Å². The van der Waals surface area contributed by atoms with Gasteiger partial charge >= 0.3 is 21.2 Å². The van der Waals surface area contributed by atoms with Gasteiger partial charge in [-0.1, -0.05) is 17.7 Å². The predicted molar refractivity (Wildman–Crippen MR) is 84.1 cm³/mol. The number of hydrogen-bond acceptors (Lipinski definition) is 3. The second kappa shape index (κ2) is 7.22. The number of ether oxygens (including phenoxy) is 3. The normalized spacial score (nSPS) is 10.5. The van der Waals surface area contributed by atoms with E-state index in [0.717, 1.165) is 20.8 Å². The van der Waals surface area contributed by atoms with Gasteiger partial charge in [0.15, 0.2) is 11.5 Å². The molecule has 0 aliphatic carbocycles. The van der Waals surface area contributed by atoms with Crippen molar-refractivity contribution in [2.24, 2.45) is 0 Å². The Kier molecular flexibility index (Phi) is 5.56. The van der Waals surface area contributed by atoms with Gasteiger partial charge in [-0.15, -0.1) is 0 Å². The van der Waals surface area contributed by atoms with Gasteiger partial charge in [0.1, 0.15) is 5.75 Å². The number of methoxy groups -OCH3 is 3. The Morgan fingerprint density at radius 3 is 1.59 bits per heavy atom. The SMILES string of the molecule is COc1cc(OC)c([I+]c2c(C)cc(C)cc2C)c(OC)c1. The third kappa shape index (κ3) is 3.48. The number of benzene rings is 2. The Morgan fingerprint density at radius 1 is 0.682 bits per heavy atom. The summed E-state index contributed by atoms with van der Waals surface area (Å²) in [7, 11) is 5.03. The van der Waals surface area contributed by atoms with E-state index in [0.29, 0.717) is 0 Å². The maximum absolute atomic E-state index is 5.57. The van der Waals surface area contributed by atoms with Gasteiger partial charge in [0.05, 0.1) is 21.3 Å². The predicted octanol–water partition coefficient (Wildman–Crippen LogP) is 0.766. The lowest BCUT2D eigenvalue weighted by Gasteiger charge is -2.09. The molecule has 0 heterocycles. The molecule has 0 atom stereocenters. The topological polar surface area (TPSA) is 27.7 Å². The van der Waals surface area contributed by atoms with Gasteiger partial charge in [-0.3, -0.25) is 0 Å². The summed E-state index contributed by atoms with van der Waals surface area (Å²) in [6.07, 6.45) is 0. The van der Waals surface area contributed by atoms with Crippen LogP contribution in [0.15, 0.2) is 24.3 Å². The average Bonchev–Trinajstić information content (AvgIpc) is 2.50. The van der Waals surface area contributed by atoms with Gasteiger partial charge in [-0.05, 0) is 20.8 Å². The van der Waals surface area contributed by atoms with Crippen LogP contribution in [0.5, 0.6) is 17.2 Å². The summed E-state index contributed by atoms with van der Waals surface area (Å²) in [6.45, 7) is 6.49. The lowest BCUT2D eigenvalue weighted by atomic mass is 10.1. The second-order valence-corrected chi connectivity index (χ2v) is 7.85. The lowest BCUT2D eigenvalue weighted by molar-refractivity contribution is -0.600. The Bertz CT molecular complexity index is 632. The van der Waals surface area contributed by atoms with E-state index in [4.69, 9.17) is 14.2 Å². The van der Waals surface area contributed by atoms with Crippen LogP contribution in [-0.4, -0.2) is 21.3 Å². The number of aryl methyl sites for hydroxylation is 3. The molecule has 0 bridgehead atoms. The molecule has 0 unspecified atom stereocenters. The number of rotatable bonds is 5. The zero-order valence-corrected chi connectivity index (χ0v) is 16.1. The minimum Gasteiger partial charge on any atom is -0.496 e. The molecular weight excluding hydrogens is 391 g/mol. The molecule has 0 radical (unpaired) electrons. The molecule has 0 spiro atoms. The molecule has 0 aliphatic rings. The molecular formula is C18H22IO3+. The molecule has 0 fully saturated rings. The van der Waals surface area contributed by atoms with E-state index in [2.05, 4.69) is 32.9 Å². The molecule has 0 amide bonds. The van der Waals surface area contributed by atoms with Gasteiger partial charge < -0.3 is 14.2 Å². The third-order valence-corrected chi connectivity index (χ3v) is 7.27. The number of hydrogen-bond donors (Lipinski definition) is 0. The van der Waals surface area contributed by atoms with Crippen molar-refractivity contribution < 1.29 is 35.4 Å². The van der Waals surface area contributed by atoms with Crippen molar-refractivity contribution in [3.8, 4) is 17.2 Å². The highest BCUT2D eigenvalue weighted by Crippen LogP contribution is 2.27. The maximum atomic E-state index is 5.57. The smallest absolute Gasteiger partial charge is 0.366 e. The van der Waals surface area contributed by atoms with Crippen LogP contribution in [0, 0.1) is 27.9 Å². The highest BCUT2D eigenvalue weighted by molar-refractivity contribution is 5.41. The molecule has 2 aromatic rings. The van der Waals surface area contributed by atoms with Gasteiger partial charge in [-0.25, -0.2) is 0 Å². The fourth-order valence-electron chi connectivity index (χ4n) is 2.46. The fourth-order valence-corrected chi connectivity index (χ4v) is 5.45. The first-order valence-electron chi connectivity index (χ1n) is 7.02. The summed E-state index contributed by atoms with van der Waals surface area (Å²) in [5.41, 5.74) is 3.98. The molecule has 0 N–H and O–H groups in total. The molecule has 0 saturated carbocycles. The van der Waals surface area contributed by atoms with E-state index in [1.807, 2.05) is 12.1 Å². The van der Waals surface area contributed by atoms with Gasteiger partial charge in [0, 0.05) is 23.3 Å². The van der Waals surface area contributed by atoms with Gasteiger partial charge in [-0.2, -0.15) is 0 Å². The van der Waals surface area contributed by atoms with Crippen LogP contribution in [-0.2, 0) is 0 Å². The molecule has 0 aromatic heterocycles. The summed E-state index contributed by atoms with van der Waals surface area (Å²) in [5.74, 6) is 2.42. The quantitative estimate of drug-likeness (QED) is 0.678. The molecule has 0 aliphatic heterocycles. The fraction of sp³-hybridized carbons (Fsp3) is 0.333. The van der Waals surface area contributed by atoms with Gasteiger partial charge in [0.2, 0.25) is 3.57 Å². The van der Waals surface area contributed by atoms with Gasteiger partial charge in [0.25, 0.3) is 3.57 Å². The Labute approximate surface area is 142 Å². The molecule has 3 nitrogen and oxygen atoms in total. The molecule has 118 valence electrons. The first kappa shape index (κ1) is 16.9.